The van der Waals surface area contributed by atoms with Crippen LogP contribution in [0.2, 0.25) is 0 Å². The zero-order valence-corrected chi connectivity index (χ0v) is 14.2. The van der Waals surface area contributed by atoms with Gasteiger partial charge in [0.25, 0.3) is 11.6 Å². The minimum atomic E-state index is -1.17. The maximum absolute atomic E-state index is 12.2. The second kappa shape index (κ2) is 7.72. The molecule has 0 saturated heterocycles. The van der Waals surface area contributed by atoms with Crippen LogP contribution in [-0.2, 0) is 10.5 Å². The van der Waals surface area contributed by atoms with Gasteiger partial charge in [0.05, 0.1) is 16.7 Å². The molecule has 0 aromatic heterocycles. The minimum absolute atomic E-state index is 0.129. The highest BCUT2D eigenvalue weighted by molar-refractivity contribution is 8.13. The summed E-state index contributed by atoms with van der Waals surface area (Å²) in [6.07, 6.45) is 0. The summed E-state index contributed by atoms with van der Waals surface area (Å²) in [6.45, 7) is 0. The number of amides is 1. The fourth-order valence-corrected chi connectivity index (χ4v) is 3.19. The van der Waals surface area contributed by atoms with Crippen LogP contribution in [0.3, 0.4) is 0 Å². The fraction of sp³-hybridized carbons (Fsp3) is 0.111. The van der Waals surface area contributed by atoms with E-state index in [4.69, 9.17) is 0 Å². The number of nitriles is 1. The van der Waals surface area contributed by atoms with Crippen LogP contribution in [-0.4, -0.2) is 21.7 Å². The molecule has 0 fully saturated rings. The summed E-state index contributed by atoms with van der Waals surface area (Å²) < 4.78 is 0. The number of thioether (sulfide) groups is 1. The standard InChI is InChI=1S/C18H12N4O3S/c19-10-15-16(13-7-4-8-14(9-13)22(24)25)20-18(21-17(15)23)26-11-12-5-2-1-3-6-12/h1-9,15H,11H2. The number of nitro benzene ring substituents is 1. The van der Waals surface area contributed by atoms with Gasteiger partial charge in [0.1, 0.15) is 0 Å². The number of nitrogens with zero attached hydrogens (tertiary/aromatic N) is 4. The summed E-state index contributed by atoms with van der Waals surface area (Å²) >= 11 is 1.27. The first-order chi connectivity index (χ1) is 12.6. The van der Waals surface area contributed by atoms with Crippen molar-refractivity contribution in [2.24, 2.45) is 15.9 Å². The van der Waals surface area contributed by atoms with Gasteiger partial charge >= 0.3 is 0 Å². The second-order valence-electron chi connectivity index (χ2n) is 5.37. The van der Waals surface area contributed by atoms with Crippen LogP contribution in [0.4, 0.5) is 5.69 Å². The van der Waals surface area contributed by atoms with Gasteiger partial charge in [-0.3, -0.25) is 14.9 Å². The zero-order chi connectivity index (χ0) is 18.5. The van der Waals surface area contributed by atoms with Crippen molar-refractivity contribution in [2.75, 3.05) is 0 Å². The molecule has 7 nitrogen and oxygen atoms in total. The Kier molecular flexibility index (Phi) is 5.20. The largest absolute Gasteiger partial charge is 0.271 e. The van der Waals surface area contributed by atoms with Crippen molar-refractivity contribution in [2.45, 2.75) is 5.75 Å². The Morgan fingerprint density at radius 3 is 2.62 bits per heavy atom. The van der Waals surface area contributed by atoms with Crippen LogP contribution >= 0.6 is 11.8 Å². The van der Waals surface area contributed by atoms with Crippen LogP contribution < -0.4 is 0 Å². The zero-order valence-electron chi connectivity index (χ0n) is 13.4. The van der Waals surface area contributed by atoms with E-state index in [0.717, 1.165) is 5.56 Å². The average Bonchev–Trinajstić information content (AvgIpc) is 2.67. The number of benzene rings is 2. The molecular weight excluding hydrogens is 352 g/mol. The Hall–Kier alpha value is -3.31. The Bertz CT molecular complexity index is 964. The van der Waals surface area contributed by atoms with E-state index in [1.165, 1.54) is 30.0 Å². The topological polar surface area (TPSA) is 109 Å². The van der Waals surface area contributed by atoms with E-state index >= 15 is 0 Å². The van der Waals surface area contributed by atoms with Crippen molar-refractivity contribution in [3.8, 4) is 6.07 Å². The molecule has 1 atom stereocenters. The van der Waals surface area contributed by atoms with Crippen molar-refractivity contribution in [3.63, 3.8) is 0 Å². The summed E-state index contributed by atoms with van der Waals surface area (Å²) in [4.78, 5) is 30.9. The van der Waals surface area contributed by atoms with Gasteiger partial charge in [0.15, 0.2) is 11.1 Å². The van der Waals surface area contributed by atoms with Crippen LogP contribution in [0.1, 0.15) is 11.1 Å². The molecule has 1 aliphatic heterocycles. The van der Waals surface area contributed by atoms with Crippen LogP contribution in [0.15, 0.2) is 64.6 Å². The van der Waals surface area contributed by atoms with Gasteiger partial charge in [-0.15, -0.1) is 0 Å². The number of carbonyl (C=O) groups is 1. The van der Waals surface area contributed by atoms with E-state index in [0.29, 0.717) is 11.3 Å². The lowest BCUT2D eigenvalue weighted by Gasteiger charge is -2.15. The molecule has 0 bridgehead atoms. The first kappa shape index (κ1) is 17.5. The number of amidine groups is 1. The first-order valence-corrected chi connectivity index (χ1v) is 8.59. The van der Waals surface area contributed by atoms with E-state index in [1.54, 1.807) is 6.07 Å². The quantitative estimate of drug-likeness (QED) is 0.610. The van der Waals surface area contributed by atoms with Gasteiger partial charge in [-0.25, -0.2) is 4.99 Å². The lowest BCUT2D eigenvalue weighted by Crippen LogP contribution is -2.27. The number of carbonyl (C=O) groups excluding carboxylic acids is 1. The number of nitro groups is 1. The van der Waals surface area contributed by atoms with E-state index in [2.05, 4.69) is 9.98 Å². The SMILES string of the molecule is N#CC1C(=O)N=C(SCc2ccccc2)N=C1c1cccc([N+](=O)[O-])c1. The molecule has 0 radical (unpaired) electrons. The van der Waals surface area contributed by atoms with Crippen LogP contribution in [0.25, 0.3) is 0 Å². The van der Waals surface area contributed by atoms with Gasteiger partial charge in [-0.2, -0.15) is 10.3 Å². The molecule has 1 unspecified atom stereocenters. The van der Waals surface area contributed by atoms with Gasteiger partial charge in [-0.1, -0.05) is 54.2 Å². The lowest BCUT2D eigenvalue weighted by atomic mass is 9.96. The predicted octanol–water partition coefficient (Wildman–Crippen LogP) is 3.35. The van der Waals surface area contributed by atoms with Crippen molar-refractivity contribution < 1.29 is 9.72 Å². The maximum Gasteiger partial charge on any atom is 0.271 e. The van der Waals surface area contributed by atoms with Crippen LogP contribution in [0.5, 0.6) is 0 Å². The van der Waals surface area contributed by atoms with E-state index in [9.17, 15) is 20.2 Å². The normalized spacial score (nSPS) is 16.4. The summed E-state index contributed by atoms with van der Waals surface area (Å²) in [6, 6.07) is 17.2. The highest BCUT2D eigenvalue weighted by Gasteiger charge is 2.30. The molecule has 2 aromatic rings. The molecule has 1 heterocycles. The fourth-order valence-electron chi connectivity index (χ4n) is 2.38. The van der Waals surface area contributed by atoms with Crippen molar-refractivity contribution in [3.05, 3.63) is 75.8 Å². The molecule has 2 aromatic carbocycles. The van der Waals surface area contributed by atoms with Crippen LogP contribution in [0, 0.1) is 27.4 Å². The van der Waals surface area contributed by atoms with Gasteiger partial charge in [-0.05, 0) is 5.56 Å². The summed E-state index contributed by atoms with van der Waals surface area (Å²) in [5, 5.41) is 20.5. The molecule has 3 rings (SSSR count). The Morgan fingerprint density at radius 1 is 1.15 bits per heavy atom. The van der Waals surface area contributed by atoms with Crippen molar-refractivity contribution in [1.29, 1.82) is 5.26 Å². The summed E-state index contributed by atoms with van der Waals surface area (Å²) in [5.41, 5.74) is 1.47. The minimum Gasteiger partial charge on any atom is -0.271 e. The highest BCUT2D eigenvalue weighted by Crippen LogP contribution is 2.24. The smallest absolute Gasteiger partial charge is 0.271 e. The van der Waals surface area contributed by atoms with E-state index in [-0.39, 0.29) is 16.6 Å². The molecule has 1 aliphatic rings. The number of rotatable bonds is 4. The molecule has 1 amide bonds. The van der Waals surface area contributed by atoms with Gasteiger partial charge in [0.2, 0.25) is 0 Å². The highest BCUT2D eigenvalue weighted by atomic mass is 32.2. The van der Waals surface area contributed by atoms with E-state index in [1.807, 2.05) is 36.4 Å². The summed E-state index contributed by atoms with van der Waals surface area (Å²) in [7, 11) is 0. The number of hydrogen-bond donors (Lipinski definition) is 0. The molecular formula is C18H12N4O3S. The number of non-ortho nitro benzene ring substituents is 1. The third kappa shape index (κ3) is 3.84. The number of aliphatic imine (C=N–C) groups is 2. The molecule has 0 saturated carbocycles. The molecule has 0 N–H and O–H groups in total. The van der Waals surface area contributed by atoms with E-state index < -0.39 is 16.7 Å². The molecule has 0 spiro atoms. The molecule has 26 heavy (non-hydrogen) atoms. The number of hydrogen-bond acceptors (Lipinski definition) is 6. The molecule has 8 heteroatoms. The van der Waals surface area contributed by atoms with Gasteiger partial charge < -0.3 is 0 Å². The molecule has 128 valence electrons. The average molecular weight is 364 g/mol. The van der Waals surface area contributed by atoms with Crippen molar-refractivity contribution in [1.82, 2.24) is 0 Å². The maximum atomic E-state index is 12.2. The summed E-state index contributed by atoms with van der Waals surface area (Å²) in [5.74, 6) is -1.21. The second-order valence-corrected chi connectivity index (χ2v) is 6.32. The van der Waals surface area contributed by atoms with Crippen molar-refractivity contribution >= 4 is 34.2 Å². The third-order valence-corrected chi connectivity index (χ3v) is 4.55. The monoisotopic (exact) mass is 364 g/mol. The first-order valence-electron chi connectivity index (χ1n) is 7.61. The lowest BCUT2D eigenvalue weighted by molar-refractivity contribution is -0.384. The Balaban J connectivity index is 1.91. The third-order valence-electron chi connectivity index (χ3n) is 3.63. The van der Waals surface area contributed by atoms with Gasteiger partial charge in [0, 0.05) is 23.4 Å². The Morgan fingerprint density at radius 2 is 1.92 bits per heavy atom. The predicted molar refractivity (Wildman–Crippen MR) is 98.9 cm³/mol. The Labute approximate surface area is 153 Å². The molecule has 0 aliphatic carbocycles.